The van der Waals surface area contributed by atoms with E-state index in [0.29, 0.717) is 17.3 Å². The number of carbonyl (C=O) groups excluding carboxylic acids is 1. The zero-order chi connectivity index (χ0) is 16.9. The summed E-state index contributed by atoms with van der Waals surface area (Å²) in [5, 5.41) is 6.12. The first-order valence-electron chi connectivity index (χ1n) is 7.95. The molecule has 0 radical (unpaired) electrons. The standard InChI is InChI=1S/C18H19ClFN3O/c19-16-11-15(7-8-17(16)23-9-1-2-10-23)22-18(24)21-12-13-3-5-14(20)6-4-13/h3-8,11H,1-2,9-10,12H2,(H2,21,22,24). The minimum atomic E-state index is -0.329. The molecule has 0 aromatic heterocycles. The highest BCUT2D eigenvalue weighted by Crippen LogP contribution is 2.31. The van der Waals surface area contributed by atoms with Crippen molar-refractivity contribution < 1.29 is 9.18 Å². The number of urea groups is 1. The van der Waals surface area contributed by atoms with Crippen molar-refractivity contribution in [2.45, 2.75) is 19.4 Å². The molecule has 3 rings (SSSR count). The molecule has 0 atom stereocenters. The van der Waals surface area contributed by atoms with Crippen LogP contribution in [0.4, 0.5) is 20.6 Å². The monoisotopic (exact) mass is 347 g/mol. The van der Waals surface area contributed by atoms with Gasteiger partial charge in [0.2, 0.25) is 0 Å². The third-order valence-electron chi connectivity index (χ3n) is 4.02. The van der Waals surface area contributed by atoms with Crippen LogP contribution in [0.3, 0.4) is 0 Å². The number of hydrogen-bond acceptors (Lipinski definition) is 2. The van der Waals surface area contributed by atoms with E-state index in [-0.39, 0.29) is 11.8 Å². The van der Waals surface area contributed by atoms with Gasteiger partial charge in [0.15, 0.2) is 0 Å². The van der Waals surface area contributed by atoms with Crippen LogP contribution >= 0.6 is 11.6 Å². The van der Waals surface area contributed by atoms with Gasteiger partial charge in [-0.05, 0) is 48.7 Å². The molecular formula is C18H19ClFN3O. The van der Waals surface area contributed by atoms with Gasteiger partial charge >= 0.3 is 6.03 Å². The quantitative estimate of drug-likeness (QED) is 0.861. The van der Waals surface area contributed by atoms with Crippen LogP contribution in [0.15, 0.2) is 42.5 Å². The van der Waals surface area contributed by atoms with Gasteiger partial charge in [-0.1, -0.05) is 23.7 Å². The lowest BCUT2D eigenvalue weighted by atomic mass is 10.2. The van der Waals surface area contributed by atoms with Crippen LogP contribution in [0.5, 0.6) is 0 Å². The van der Waals surface area contributed by atoms with Gasteiger partial charge in [0, 0.05) is 25.3 Å². The number of rotatable bonds is 4. The van der Waals surface area contributed by atoms with E-state index in [1.54, 1.807) is 18.2 Å². The lowest BCUT2D eigenvalue weighted by molar-refractivity contribution is 0.251. The summed E-state index contributed by atoms with van der Waals surface area (Å²) >= 11 is 6.33. The molecule has 1 aliphatic rings. The van der Waals surface area contributed by atoms with Crippen molar-refractivity contribution in [1.29, 1.82) is 0 Å². The van der Waals surface area contributed by atoms with Gasteiger partial charge in [0.1, 0.15) is 5.82 Å². The topological polar surface area (TPSA) is 44.4 Å². The summed E-state index contributed by atoms with van der Waals surface area (Å²) in [7, 11) is 0. The number of halogens is 2. The number of benzene rings is 2. The molecule has 0 unspecified atom stereocenters. The van der Waals surface area contributed by atoms with Crippen molar-refractivity contribution >= 4 is 29.0 Å². The third kappa shape index (κ3) is 4.17. The highest BCUT2D eigenvalue weighted by molar-refractivity contribution is 6.33. The van der Waals surface area contributed by atoms with E-state index in [1.165, 1.54) is 25.0 Å². The Hall–Kier alpha value is -2.27. The predicted octanol–water partition coefficient (Wildman–Crippen LogP) is 4.40. The minimum absolute atomic E-state index is 0.295. The minimum Gasteiger partial charge on any atom is -0.370 e. The number of carbonyl (C=O) groups is 1. The van der Waals surface area contributed by atoms with Crippen molar-refractivity contribution in [3.63, 3.8) is 0 Å². The second-order valence-electron chi connectivity index (χ2n) is 5.79. The Balaban J connectivity index is 1.56. The smallest absolute Gasteiger partial charge is 0.319 e. The fourth-order valence-corrected chi connectivity index (χ4v) is 3.06. The van der Waals surface area contributed by atoms with Crippen LogP contribution in [-0.4, -0.2) is 19.1 Å². The maximum absolute atomic E-state index is 12.8. The van der Waals surface area contributed by atoms with E-state index in [0.717, 1.165) is 24.3 Å². The van der Waals surface area contributed by atoms with Crippen LogP contribution in [0.1, 0.15) is 18.4 Å². The maximum Gasteiger partial charge on any atom is 0.319 e. The summed E-state index contributed by atoms with van der Waals surface area (Å²) in [6.07, 6.45) is 2.37. The van der Waals surface area contributed by atoms with E-state index in [4.69, 9.17) is 11.6 Å². The lowest BCUT2D eigenvalue weighted by Crippen LogP contribution is -2.28. The Bertz CT molecular complexity index is 715. The molecule has 0 saturated carbocycles. The molecule has 6 heteroatoms. The molecule has 2 aromatic rings. The number of anilines is 2. The molecule has 4 nitrogen and oxygen atoms in total. The Morgan fingerprint density at radius 2 is 1.83 bits per heavy atom. The van der Waals surface area contributed by atoms with Gasteiger partial charge in [-0.15, -0.1) is 0 Å². The molecule has 0 spiro atoms. The Morgan fingerprint density at radius 1 is 1.12 bits per heavy atom. The van der Waals surface area contributed by atoms with Crippen LogP contribution in [0.25, 0.3) is 0 Å². The van der Waals surface area contributed by atoms with Crippen LogP contribution < -0.4 is 15.5 Å². The first kappa shape index (κ1) is 16.6. The number of nitrogens with zero attached hydrogens (tertiary/aromatic N) is 1. The van der Waals surface area contributed by atoms with E-state index >= 15 is 0 Å². The van der Waals surface area contributed by atoms with Gasteiger partial charge in [0.05, 0.1) is 10.7 Å². The predicted molar refractivity (Wildman–Crippen MR) is 95.2 cm³/mol. The maximum atomic E-state index is 12.8. The molecule has 0 aliphatic carbocycles. The number of hydrogen-bond donors (Lipinski definition) is 2. The molecular weight excluding hydrogens is 329 g/mol. The van der Waals surface area contributed by atoms with Gasteiger partial charge in [-0.2, -0.15) is 0 Å². The largest absolute Gasteiger partial charge is 0.370 e. The van der Waals surface area contributed by atoms with Gasteiger partial charge < -0.3 is 15.5 Å². The van der Waals surface area contributed by atoms with Crippen molar-refractivity contribution in [3.05, 3.63) is 58.9 Å². The summed E-state index contributed by atoms with van der Waals surface area (Å²) in [5.41, 5.74) is 2.47. The normalized spacial score (nSPS) is 13.8. The summed E-state index contributed by atoms with van der Waals surface area (Å²) in [6.45, 7) is 2.36. The third-order valence-corrected chi connectivity index (χ3v) is 4.32. The van der Waals surface area contributed by atoms with E-state index in [2.05, 4.69) is 15.5 Å². The van der Waals surface area contributed by atoms with E-state index in [1.807, 2.05) is 12.1 Å². The number of nitrogens with one attached hydrogen (secondary N) is 2. The first-order valence-corrected chi connectivity index (χ1v) is 8.33. The van der Waals surface area contributed by atoms with Crippen molar-refractivity contribution in [1.82, 2.24) is 5.32 Å². The molecule has 1 saturated heterocycles. The number of amides is 2. The summed E-state index contributed by atoms with van der Waals surface area (Å²) < 4.78 is 12.8. The van der Waals surface area contributed by atoms with Gasteiger partial charge in [-0.25, -0.2) is 9.18 Å². The van der Waals surface area contributed by atoms with Gasteiger partial charge in [0.25, 0.3) is 0 Å². The second-order valence-corrected chi connectivity index (χ2v) is 6.20. The van der Waals surface area contributed by atoms with Crippen LogP contribution in [-0.2, 0) is 6.54 Å². The Labute approximate surface area is 145 Å². The van der Waals surface area contributed by atoms with Crippen molar-refractivity contribution in [3.8, 4) is 0 Å². The summed E-state index contributed by atoms with van der Waals surface area (Å²) in [6, 6.07) is 11.2. The molecule has 1 fully saturated rings. The second kappa shape index (κ2) is 7.53. The molecule has 2 aromatic carbocycles. The molecule has 1 aliphatic heterocycles. The molecule has 24 heavy (non-hydrogen) atoms. The average molecular weight is 348 g/mol. The Kier molecular flexibility index (Phi) is 5.20. The molecule has 0 bridgehead atoms. The zero-order valence-corrected chi connectivity index (χ0v) is 13.9. The highest BCUT2D eigenvalue weighted by Gasteiger charge is 2.15. The lowest BCUT2D eigenvalue weighted by Gasteiger charge is -2.19. The summed E-state index contributed by atoms with van der Waals surface area (Å²) in [5.74, 6) is -0.295. The molecule has 2 amide bonds. The average Bonchev–Trinajstić information content (AvgIpc) is 3.09. The van der Waals surface area contributed by atoms with Crippen LogP contribution in [0.2, 0.25) is 5.02 Å². The van der Waals surface area contributed by atoms with E-state index in [9.17, 15) is 9.18 Å². The van der Waals surface area contributed by atoms with Crippen LogP contribution in [0, 0.1) is 5.82 Å². The van der Waals surface area contributed by atoms with Crippen molar-refractivity contribution in [2.24, 2.45) is 0 Å². The Morgan fingerprint density at radius 3 is 2.50 bits per heavy atom. The fourth-order valence-electron chi connectivity index (χ4n) is 2.76. The van der Waals surface area contributed by atoms with E-state index < -0.39 is 0 Å². The molecule has 126 valence electrons. The zero-order valence-electron chi connectivity index (χ0n) is 13.2. The highest BCUT2D eigenvalue weighted by atomic mass is 35.5. The fraction of sp³-hybridized carbons (Fsp3) is 0.278. The summed E-state index contributed by atoms with van der Waals surface area (Å²) in [4.78, 5) is 14.2. The van der Waals surface area contributed by atoms with Gasteiger partial charge in [-0.3, -0.25) is 0 Å². The van der Waals surface area contributed by atoms with Crippen molar-refractivity contribution in [2.75, 3.05) is 23.3 Å². The molecule has 2 N–H and O–H groups in total. The molecule has 1 heterocycles. The SMILES string of the molecule is O=C(NCc1ccc(F)cc1)Nc1ccc(N2CCCC2)c(Cl)c1. The first-order chi connectivity index (χ1) is 11.6.